The van der Waals surface area contributed by atoms with Crippen molar-refractivity contribution >= 4 is 12.1 Å². The minimum Gasteiger partial charge on any atom is -0.411 e. The van der Waals surface area contributed by atoms with Crippen LogP contribution in [0, 0.1) is 0 Å². The van der Waals surface area contributed by atoms with E-state index in [-0.39, 0.29) is 0 Å². The minimum absolute atomic E-state index is 0.449. The molecule has 3 N–H and O–H groups in total. The summed E-state index contributed by atoms with van der Waals surface area (Å²) >= 11 is 0. The number of rotatable bonds is 2. The Morgan fingerprint density at radius 1 is 1.00 bits per heavy atom. The van der Waals surface area contributed by atoms with Gasteiger partial charge in [-0.25, -0.2) is 5.48 Å². The van der Waals surface area contributed by atoms with Gasteiger partial charge in [-0.2, -0.15) is 0 Å². The Labute approximate surface area is 110 Å². The van der Waals surface area contributed by atoms with Gasteiger partial charge in [-0.3, -0.25) is 10.0 Å². The first-order chi connectivity index (χ1) is 9.27. The van der Waals surface area contributed by atoms with Crippen molar-refractivity contribution in [1.29, 1.82) is 0 Å². The fraction of sp³-hybridized carbons (Fsp3) is 0. The largest absolute Gasteiger partial charge is 0.411 e. The molecule has 0 bridgehead atoms. The van der Waals surface area contributed by atoms with Crippen molar-refractivity contribution in [1.82, 2.24) is 5.48 Å². The first-order valence-electron chi connectivity index (χ1n) is 5.50. The standard InChI is InChI=1S/C7H7NO2.C7H7NO/c9-7(8-10)6-4-2-1-3-5-6;9-8-6-7-4-2-1-3-5-7/h1-5,10H,(H,8,9);1-6,9H. The molecule has 0 heterocycles. The molecule has 0 saturated carbocycles. The van der Waals surface area contributed by atoms with E-state index in [2.05, 4.69) is 5.16 Å². The van der Waals surface area contributed by atoms with Gasteiger partial charge in [-0.05, 0) is 17.7 Å². The molecule has 98 valence electrons. The Morgan fingerprint density at radius 2 is 1.53 bits per heavy atom. The van der Waals surface area contributed by atoms with E-state index in [1.807, 2.05) is 30.3 Å². The summed E-state index contributed by atoms with van der Waals surface area (Å²) in [5, 5.41) is 19.2. The summed E-state index contributed by atoms with van der Waals surface area (Å²) in [4.78, 5) is 10.7. The zero-order valence-electron chi connectivity index (χ0n) is 10.1. The third kappa shape index (κ3) is 5.47. The van der Waals surface area contributed by atoms with E-state index in [1.165, 1.54) is 6.21 Å². The number of oxime groups is 1. The van der Waals surface area contributed by atoms with Gasteiger partial charge in [0, 0.05) is 5.56 Å². The van der Waals surface area contributed by atoms with E-state index in [1.54, 1.807) is 35.8 Å². The number of carbonyl (C=O) groups excluding carboxylic acids is 1. The monoisotopic (exact) mass is 258 g/mol. The zero-order valence-corrected chi connectivity index (χ0v) is 10.1. The Hall–Kier alpha value is -2.66. The lowest BCUT2D eigenvalue weighted by molar-refractivity contribution is 0.0706. The third-order valence-electron chi connectivity index (χ3n) is 2.14. The van der Waals surface area contributed by atoms with Gasteiger partial charge in [-0.1, -0.05) is 53.7 Å². The van der Waals surface area contributed by atoms with E-state index >= 15 is 0 Å². The Bertz CT molecular complexity index is 513. The normalized spacial score (nSPS) is 9.53. The molecule has 0 radical (unpaired) electrons. The molecule has 5 heteroatoms. The number of nitrogens with one attached hydrogen (secondary N) is 1. The van der Waals surface area contributed by atoms with E-state index < -0.39 is 5.91 Å². The number of benzene rings is 2. The van der Waals surface area contributed by atoms with Crippen LogP contribution < -0.4 is 5.48 Å². The van der Waals surface area contributed by atoms with Crippen LogP contribution in [0.15, 0.2) is 65.8 Å². The third-order valence-corrected chi connectivity index (χ3v) is 2.14. The predicted octanol–water partition coefficient (Wildman–Crippen LogP) is 2.30. The van der Waals surface area contributed by atoms with Gasteiger partial charge in [-0.15, -0.1) is 0 Å². The van der Waals surface area contributed by atoms with Crippen LogP contribution in [0.4, 0.5) is 0 Å². The maximum atomic E-state index is 10.7. The molecule has 2 aromatic rings. The number of hydrogen-bond donors (Lipinski definition) is 3. The molecule has 5 nitrogen and oxygen atoms in total. The van der Waals surface area contributed by atoms with Gasteiger partial charge in [0.2, 0.25) is 0 Å². The average Bonchev–Trinajstić information content (AvgIpc) is 2.49. The molecule has 0 aliphatic carbocycles. The van der Waals surface area contributed by atoms with Gasteiger partial charge in [0.1, 0.15) is 0 Å². The lowest BCUT2D eigenvalue weighted by atomic mass is 10.2. The van der Waals surface area contributed by atoms with Crippen LogP contribution in [0.3, 0.4) is 0 Å². The van der Waals surface area contributed by atoms with Gasteiger partial charge >= 0.3 is 0 Å². The molecule has 0 saturated heterocycles. The van der Waals surface area contributed by atoms with Crippen molar-refractivity contribution in [3.63, 3.8) is 0 Å². The molecule has 0 aromatic heterocycles. The van der Waals surface area contributed by atoms with Gasteiger partial charge in [0.25, 0.3) is 5.91 Å². The van der Waals surface area contributed by atoms with Crippen molar-refractivity contribution in [2.24, 2.45) is 5.16 Å². The number of nitrogens with zero attached hydrogens (tertiary/aromatic N) is 1. The van der Waals surface area contributed by atoms with Gasteiger partial charge in [0.05, 0.1) is 6.21 Å². The highest BCUT2D eigenvalue weighted by Crippen LogP contribution is 1.96. The summed E-state index contributed by atoms with van der Waals surface area (Å²) < 4.78 is 0. The quantitative estimate of drug-likeness (QED) is 0.334. The van der Waals surface area contributed by atoms with Gasteiger partial charge in [0.15, 0.2) is 0 Å². The van der Waals surface area contributed by atoms with Crippen molar-refractivity contribution in [3.8, 4) is 0 Å². The molecule has 0 aliphatic heterocycles. The molecule has 1 amide bonds. The summed E-state index contributed by atoms with van der Waals surface area (Å²) in [5.74, 6) is -0.486. The number of amides is 1. The van der Waals surface area contributed by atoms with Crippen LogP contribution >= 0.6 is 0 Å². The Kier molecular flexibility index (Phi) is 6.39. The fourth-order valence-corrected chi connectivity index (χ4v) is 1.26. The molecule has 0 aliphatic rings. The Morgan fingerprint density at radius 3 is 2.00 bits per heavy atom. The maximum absolute atomic E-state index is 10.7. The molecular weight excluding hydrogens is 244 g/mol. The van der Waals surface area contributed by atoms with Crippen molar-refractivity contribution in [2.45, 2.75) is 0 Å². The summed E-state index contributed by atoms with van der Waals surface area (Å²) in [6, 6.07) is 17.9. The SMILES string of the molecule is O=C(NO)c1ccccc1.ON=Cc1ccccc1. The van der Waals surface area contributed by atoms with E-state index in [0.717, 1.165) is 5.56 Å². The summed E-state index contributed by atoms with van der Waals surface area (Å²) in [7, 11) is 0. The zero-order chi connectivity index (χ0) is 13.9. The molecule has 0 fully saturated rings. The highest BCUT2D eigenvalue weighted by atomic mass is 16.5. The minimum atomic E-state index is -0.486. The topological polar surface area (TPSA) is 81.9 Å². The van der Waals surface area contributed by atoms with Crippen LogP contribution in [0.5, 0.6) is 0 Å². The first kappa shape index (κ1) is 14.4. The highest BCUT2D eigenvalue weighted by Gasteiger charge is 1.99. The number of hydroxylamine groups is 1. The first-order valence-corrected chi connectivity index (χ1v) is 5.50. The van der Waals surface area contributed by atoms with Crippen LogP contribution in [-0.4, -0.2) is 22.5 Å². The van der Waals surface area contributed by atoms with Crippen molar-refractivity contribution < 1.29 is 15.2 Å². The molecular formula is C14H14N2O3. The lowest BCUT2D eigenvalue weighted by Gasteiger charge is -1.94. The second kappa shape index (κ2) is 8.43. The highest BCUT2D eigenvalue weighted by molar-refractivity contribution is 5.93. The second-order valence-electron chi connectivity index (χ2n) is 3.46. The molecule has 2 aromatic carbocycles. The average molecular weight is 258 g/mol. The molecule has 0 unspecified atom stereocenters. The van der Waals surface area contributed by atoms with E-state index in [0.29, 0.717) is 5.56 Å². The van der Waals surface area contributed by atoms with Crippen LogP contribution in [0.25, 0.3) is 0 Å². The van der Waals surface area contributed by atoms with Crippen molar-refractivity contribution in [3.05, 3.63) is 71.8 Å². The Balaban J connectivity index is 0.000000191. The summed E-state index contributed by atoms with van der Waals surface area (Å²) in [5.41, 5.74) is 2.89. The van der Waals surface area contributed by atoms with E-state index in [4.69, 9.17) is 10.4 Å². The lowest BCUT2D eigenvalue weighted by Crippen LogP contribution is -2.18. The number of carbonyl (C=O) groups is 1. The van der Waals surface area contributed by atoms with E-state index in [9.17, 15) is 4.79 Å². The predicted molar refractivity (Wildman–Crippen MR) is 71.5 cm³/mol. The number of hydrogen-bond acceptors (Lipinski definition) is 4. The van der Waals surface area contributed by atoms with Crippen LogP contribution in [0.2, 0.25) is 0 Å². The fourth-order valence-electron chi connectivity index (χ4n) is 1.26. The van der Waals surface area contributed by atoms with Crippen LogP contribution in [-0.2, 0) is 0 Å². The van der Waals surface area contributed by atoms with Crippen molar-refractivity contribution in [2.75, 3.05) is 0 Å². The molecule has 2 rings (SSSR count). The molecule has 19 heavy (non-hydrogen) atoms. The summed E-state index contributed by atoms with van der Waals surface area (Å²) in [6.45, 7) is 0. The van der Waals surface area contributed by atoms with Gasteiger partial charge < -0.3 is 5.21 Å². The molecule has 0 atom stereocenters. The maximum Gasteiger partial charge on any atom is 0.274 e. The van der Waals surface area contributed by atoms with Crippen LogP contribution in [0.1, 0.15) is 15.9 Å². The smallest absolute Gasteiger partial charge is 0.274 e. The second-order valence-corrected chi connectivity index (χ2v) is 3.46. The molecule has 0 spiro atoms. The summed E-state index contributed by atoms with van der Waals surface area (Å²) in [6.07, 6.45) is 1.39.